The third-order valence-electron chi connectivity index (χ3n) is 2.52. The Balaban J connectivity index is 2.33. The zero-order chi connectivity index (χ0) is 8.84. The first-order chi connectivity index (χ1) is 6.36. The van der Waals surface area contributed by atoms with Crippen LogP contribution in [0.5, 0.6) is 0 Å². The maximum absolute atomic E-state index is 4.38. The lowest BCUT2D eigenvalue weighted by Crippen LogP contribution is -1.88. The number of thiophene rings is 1. The predicted octanol–water partition coefficient (Wildman–Crippen LogP) is 2.88. The molecule has 1 aliphatic rings. The van der Waals surface area contributed by atoms with Crippen LogP contribution in [0.15, 0.2) is 11.7 Å². The number of aromatic nitrogens is 2. The van der Waals surface area contributed by atoms with E-state index in [2.05, 4.69) is 22.3 Å². The van der Waals surface area contributed by atoms with Crippen LogP contribution in [0, 0.1) is 6.92 Å². The Morgan fingerprint density at radius 2 is 2.23 bits per heavy atom. The number of hydrogen-bond donors (Lipinski definition) is 0. The first-order valence-electron chi connectivity index (χ1n) is 4.55. The van der Waals surface area contributed by atoms with Gasteiger partial charge in [-0.25, -0.2) is 9.97 Å². The second kappa shape index (κ2) is 2.51. The molecule has 0 bridgehead atoms. The third-order valence-corrected chi connectivity index (χ3v) is 3.63. The summed E-state index contributed by atoms with van der Waals surface area (Å²) in [6, 6.07) is 0. The molecule has 0 aromatic carbocycles. The molecule has 0 atom stereocenters. The monoisotopic (exact) mass is 190 g/mol. The van der Waals surface area contributed by atoms with E-state index in [0.717, 1.165) is 11.4 Å². The molecule has 0 amide bonds. The van der Waals surface area contributed by atoms with E-state index in [1.807, 2.05) is 0 Å². The molecule has 2 heterocycles. The van der Waals surface area contributed by atoms with Gasteiger partial charge in [0.25, 0.3) is 0 Å². The topological polar surface area (TPSA) is 25.8 Å². The summed E-state index contributed by atoms with van der Waals surface area (Å²) in [5.41, 5.74) is 3.72. The van der Waals surface area contributed by atoms with E-state index in [-0.39, 0.29) is 0 Å². The van der Waals surface area contributed by atoms with Crippen LogP contribution in [0.25, 0.3) is 10.2 Å². The van der Waals surface area contributed by atoms with Crippen molar-refractivity contribution in [3.05, 3.63) is 23.0 Å². The van der Waals surface area contributed by atoms with Crippen molar-refractivity contribution in [2.45, 2.75) is 25.7 Å². The molecule has 2 aromatic rings. The SMILES string of the molecule is Cc1csc2c(C3CC3)ncnc12. The van der Waals surface area contributed by atoms with E-state index in [1.165, 1.54) is 28.8 Å². The molecule has 0 aliphatic heterocycles. The average molecular weight is 190 g/mol. The molecule has 3 heteroatoms. The number of rotatable bonds is 1. The first-order valence-corrected chi connectivity index (χ1v) is 5.43. The second-order valence-corrected chi connectivity index (χ2v) is 4.51. The van der Waals surface area contributed by atoms with Crippen LogP contribution < -0.4 is 0 Å². The van der Waals surface area contributed by atoms with Crippen LogP contribution in [0.4, 0.5) is 0 Å². The van der Waals surface area contributed by atoms with E-state index in [9.17, 15) is 0 Å². The lowest BCUT2D eigenvalue weighted by molar-refractivity contribution is 1.02. The Morgan fingerprint density at radius 3 is 3.00 bits per heavy atom. The van der Waals surface area contributed by atoms with Crippen molar-refractivity contribution < 1.29 is 0 Å². The molecule has 1 fully saturated rings. The minimum absolute atomic E-state index is 0.726. The predicted molar refractivity (Wildman–Crippen MR) is 54.1 cm³/mol. The summed E-state index contributed by atoms with van der Waals surface area (Å²) in [5.74, 6) is 0.726. The highest BCUT2D eigenvalue weighted by atomic mass is 32.1. The fourth-order valence-electron chi connectivity index (χ4n) is 1.64. The summed E-state index contributed by atoms with van der Waals surface area (Å²) in [5, 5.41) is 2.17. The van der Waals surface area contributed by atoms with Gasteiger partial charge in [-0.2, -0.15) is 0 Å². The maximum Gasteiger partial charge on any atom is 0.116 e. The van der Waals surface area contributed by atoms with E-state index < -0.39 is 0 Å². The molecular weight excluding hydrogens is 180 g/mol. The van der Waals surface area contributed by atoms with Crippen LogP contribution in [-0.4, -0.2) is 9.97 Å². The van der Waals surface area contributed by atoms with Crippen LogP contribution in [-0.2, 0) is 0 Å². The van der Waals surface area contributed by atoms with Gasteiger partial charge in [-0.1, -0.05) is 0 Å². The number of fused-ring (bicyclic) bond motifs is 1. The number of hydrogen-bond acceptors (Lipinski definition) is 3. The van der Waals surface area contributed by atoms with Crippen molar-refractivity contribution in [2.75, 3.05) is 0 Å². The Kier molecular flexibility index (Phi) is 1.44. The summed E-state index contributed by atoms with van der Waals surface area (Å²) in [4.78, 5) is 8.69. The van der Waals surface area contributed by atoms with Crippen molar-refractivity contribution in [1.29, 1.82) is 0 Å². The fourth-order valence-corrected chi connectivity index (χ4v) is 2.71. The van der Waals surface area contributed by atoms with Gasteiger partial charge in [0, 0.05) is 5.92 Å². The fraction of sp³-hybridized carbons (Fsp3) is 0.400. The maximum atomic E-state index is 4.38. The van der Waals surface area contributed by atoms with Gasteiger partial charge in [0.2, 0.25) is 0 Å². The van der Waals surface area contributed by atoms with Crippen LogP contribution >= 0.6 is 11.3 Å². The van der Waals surface area contributed by atoms with Gasteiger partial charge in [0.05, 0.1) is 15.9 Å². The zero-order valence-electron chi connectivity index (χ0n) is 7.45. The van der Waals surface area contributed by atoms with E-state index in [4.69, 9.17) is 0 Å². The quantitative estimate of drug-likeness (QED) is 0.691. The molecule has 2 nitrogen and oxygen atoms in total. The lowest BCUT2D eigenvalue weighted by atomic mass is 10.2. The molecular formula is C10H10N2S. The first kappa shape index (κ1) is 7.44. The summed E-state index contributed by atoms with van der Waals surface area (Å²) < 4.78 is 1.31. The number of aryl methyl sites for hydroxylation is 1. The lowest BCUT2D eigenvalue weighted by Gasteiger charge is -1.97. The smallest absolute Gasteiger partial charge is 0.116 e. The summed E-state index contributed by atoms with van der Waals surface area (Å²) in [6.45, 7) is 2.11. The molecule has 1 aliphatic carbocycles. The molecule has 0 N–H and O–H groups in total. The van der Waals surface area contributed by atoms with Gasteiger partial charge in [-0.15, -0.1) is 11.3 Å². The Bertz CT molecular complexity index is 457. The van der Waals surface area contributed by atoms with E-state index >= 15 is 0 Å². The summed E-state index contributed by atoms with van der Waals surface area (Å²) >= 11 is 1.78. The molecule has 13 heavy (non-hydrogen) atoms. The normalized spacial score (nSPS) is 16.7. The summed E-state index contributed by atoms with van der Waals surface area (Å²) in [6.07, 6.45) is 4.32. The van der Waals surface area contributed by atoms with Crippen molar-refractivity contribution in [2.24, 2.45) is 0 Å². The standard InChI is InChI=1S/C10H10N2S/c1-6-4-13-10-8(6)11-5-12-9(10)7-2-3-7/h4-5,7H,2-3H2,1H3. The largest absolute Gasteiger partial charge is 0.240 e. The van der Waals surface area contributed by atoms with Crippen LogP contribution in [0.1, 0.15) is 30.0 Å². The van der Waals surface area contributed by atoms with Crippen LogP contribution in [0.2, 0.25) is 0 Å². The van der Waals surface area contributed by atoms with Gasteiger partial charge >= 0.3 is 0 Å². The van der Waals surface area contributed by atoms with Crippen molar-refractivity contribution in [1.82, 2.24) is 9.97 Å². The van der Waals surface area contributed by atoms with Crippen molar-refractivity contribution in [3.63, 3.8) is 0 Å². The van der Waals surface area contributed by atoms with Gasteiger partial charge < -0.3 is 0 Å². The molecule has 66 valence electrons. The van der Waals surface area contributed by atoms with E-state index in [0.29, 0.717) is 0 Å². The molecule has 0 radical (unpaired) electrons. The highest BCUT2D eigenvalue weighted by Gasteiger charge is 2.27. The van der Waals surface area contributed by atoms with Crippen LogP contribution in [0.3, 0.4) is 0 Å². The zero-order valence-corrected chi connectivity index (χ0v) is 8.27. The Labute approximate surface area is 80.6 Å². The second-order valence-electron chi connectivity index (χ2n) is 3.63. The molecule has 2 aromatic heterocycles. The molecule has 3 rings (SSSR count). The third kappa shape index (κ3) is 1.07. The van der Waals surface area contributed by atoms with Gasteiger partial charge in [-0.3, -0.25) is 0 Å². The minimum Gasteiger partial charge on any atom is -0.240 e. The molecule has 1 saturated carbocycles. The summed E-state index contributed by atoms with van der Waals surface area (Å²) in [7, 11) is 0. The van der Waals surface area contributed by atoms with Gasteiger partial charge in [-0.05, 0) is 30.7 Å². The Hall–Kier alpha value is -0.960. The molecule has 0 saturated heterocycles. The highest BCUT2D eigenvalue weighted by Crippen LogP contribution is 2.43. The van der Waals surface area contributed by atoms with Crippen molar-refractivity contribution >= 4 is 21.6 Å². The van der Waals surface area contributed by atoms with Gasteiger partial charge in [0.15, 0.2) is 0 Å². The van der Waals surface area contributed by atoms with E-state index in [1.54, 1.807) is 17.7 Å². The number of nitrogens with zero attached hydrogens (tertiary/aromatic N) is 2. The minimum atomic E-state index is 0.726. The Morgan fingerprint density at radius 1 is 1.38 bits per heavy atom. The van der Waals surface area contributed by atoms with Gasteiger partial charge in [0.1, 0.15) is 6.33 Å². The highest BCUT2D eigenvalue weighted by molar-refractivity contribution is 7.17. The molecule has 0 unspecified atom stereocenters. The average Bonchev–Trinajstić information content (AvgIpc) is 2.92. The van der Waals surface area contributed by atoms with Crippen molar-refractivity contribution in [3.8, 4) is 0 Å². The molecule has 0 spiro atoms.